The van der Waals surface area contributed by atoms with Gasteiger partial charge in [-0.05, 0) is 19.1 Å². The lowest BCUT2D eigenvalue weighted by molar-refractivity contribution is 0.391. The molecule has 0 atom stereocenters. The van der Waals surface area contributed by atoms with E-state index in [1.165, 1.54) is 0 Å². The predicted molar refractivity (Wildman–Crippen MR) is 90.3 cm³/mol. The molecule has 3 rings (SSSR count). The zero-order chi connectivity index (χ0) is 15.4. The van der Waals surface area contributed by atoms with E-state index in [9.17, 15) is 0 Å². The third kappa shape index (κ3) is 3.69. The summed E-state index contributed by atoms with van der Waals surface area (Å²) in [5.74, 6) is 3.43. The molecule has 6 heteroatoms. The largest absolute Gasteiger partial charge is 0.497 e. The first-order chi connectivity index (χ1) is 10.7. The van der Waals surface area contributed by atoms with Gasteiger partial charge in [-0.1, -0.05) is 17.3 Å². The summed E-state index contributed by atoms with van der Waals surface area (Å²) in [6.45, 7) is 1.93. The van der Waals surface area contributed by atoms with E-state index in [1.807, 2.05) is 31.2 Å². The zero-order valence-corrected chi connectivity index (χ0v) is 14.0. The van der Waals surface area contributed by atoms with Gasteiger partial charge in [0.15, 0.2) is 0 Å². The number of aromatic nitrogens is 2. The zero-order valence-electron chi connectivity index (χ0n) is 12.4. The van der Waals surface area contributed by atoms with Gasteiger partial charge in [0, 0.05) is 22.8 Å². The minimum atomic E-state index is 0.812. The fraction of sp³-hybridized carbons (Fsp3) is 0.250. The molecule has 3 aromatic rings. The lowest BCUT2D eigenvalue weighted by atomic mass is 10.2. The summed E-state index contributed by atoms with van der Waals surface area (Å²) in [4.78, 5) is 4.69. The van der Waals surface area contributed by atoms with Crippen molar-refractivity contribution in [3.63, 3.8) is 0 Å². The van der Waals surface area contributed by atoms with Crippen molar-refractivity contribution in [1.29, 1.82) is 0 Å². The number of thioether (sulfide) groups is 1. The Labute approximate surface area is 137 Å². The molecular weight excluding hydrogens is 316 g/mol. The van der Waals surface area contributed by atoms with Crippen molar-refractivity contribution in [2.75, 3.05) is 7.11 Å². The van der Waals surface area contributed by atoms with Gasteiger partial charge in [-0.3, -0.25) is 0 Å². The summed E-state index contributed by atoms with van der Waals surface area (Å²) < 4.78 is 10.5. The third-order valence-electron chi connectivity index (χ3n) is 3.04. The van der Waals surface area contributed by atoms with Crippen LogP contribution in [0.3, 0.4) is 0 Å². The van der Waals surface area contributed by atoms with Gasteiger partial charge in [0.1, 0.15) is 16.5 Å². The Morgan fingerprint density at radius 2 is 2.18 bits per heavy atom. The normalized spacial score (nSPS) is 10.8. The van der Waals surface area contributed by atoms with Crippen LogP contribution in [0.1, 0.15) is 17.1 Å². The van der Waals surface area contributed by atoms with Gasteiger partial charge in [0.05, 0.1) is 24.3 Å². The first-order valence-electron chi connectivity index (χ1n) is 6.83. The van der Waals surface area contributed by atoms with Crippen molar-refractivity contribution in [3.8, 4) is 16.3 Å². The molecule has 22 heavy (non-hydrogen) atoms. The quantitative estimate of drug-likeness (QED) is 0.663. The Bertz CT molecular complexity index is 752. The number of aryl methyl sites for hydroxylation is 1. The maximum absolute atomic E-state index is 5.26. The van der Waals surface area contributed by atoms with Crippen LogP contribution in [0, 0.1) is 6.92 Å². The fourth-order valence-electron chi connectivity index (χ4n) is 2.00. The Kier molecular flexibility index (Phi) is 4.80. The maximum atomic E-state index is 5.26. The van der Waals surface area contributed by atoms with Crippen molar-refractivity contribution >= 4 is 23.1 Å². The van der Waals surface area contributed by atoms with Crippen LogP contribution in [-0.2, 0) is 11.5 Å². The number of hydrogen-bond acceptors (Lipinski definition) is 6. The van der Waals surface area contributed by atoms with E-state index in [1.54, 1.807) is 30.2 Å². The molecule has 0 saturated heterocycles. The summed E-state index contributed by atoms with van der Waals surface area (Å²) in [5.41, 5.74) is 3.10. The van der Waals surface area contributed by atoms with Crippen LogP contribution < -0.4 is 4.74 Å². The lowest BCUT2D eigenvalue weighted by Gasteiger charge is -2.01. The second kappa shape index (κ2) is 6.98. The SMILES string of the molecule is COc1cccc(-c2nc(CSCc3cc(C)no3)cs2)c1. The molecule has 2 aromatic heterocycles. The molecule has 0 N–H and O–H groups in total. The van der Waals surface area contributed by atoms with E-state index in [4.69, 9.17) is 9.26 Å². The minimum Gasteiger partial charge on any atom is -0.497 e. The van der Waals surface area contributed by atoms with Gasteiger partial charge < -0.3 is 9.26 Å². The molecule has 0 bridgehead atoms. The standard InChI is InChI=1S/C16H16N2O2S2/c1-11-6-15(20-18-11)10-21-8-13-9-22-16(17-13)12-4-3-5-14(7-12)19-2/h3-7,9H,8,10H2,1-2H3. The first kappa shape index (κ1) is 15.1. The van der Waals surface area contributed by atoms with Crippen molar-refractivity contribution in [2.45, 2.75) is 18.4 Å². The second-order valence-corrected chi connectivity index (χ2v) is 6.65. The minimum absolute atomic E-state index is 0.812. The number of nitrogens with zero attached hydrogens (tertiary/aromatic N) is 2. The molecule has 0 aliphatic rings. The summed E-state index contributed by atoms with van der Waals surface area (Å²) in [6.07, 6.45) is 0. The van der Waals surface area contributed by atoms with E-state index in [-0.39, 0.29) is 0 Å². The molecule has 0 fully saturated rings. The maximum Gasteiger partial charge on any atom is 0.146 e. The monoisotopic (exact) mass is 332 g/mol. The number of hydrogen-bond donors (Lipinski definition) is 0. The van der Waals surface area contributed by atoms with Crippen LogP contribution in [0.15, 0.2) is 40.2 Å². The van der Waals surface area contributed by atoms with Crippen molar-refractivity contribution in [1.82, 2.24) is 10.1 Å². The van der Waals surface area contributed by atoms with E-state index in [0.29, 0.717) is 0 Å². The van der Waals surface area contributed by atoms with Crippen LogP contribution in [-0.4, -0.2) is 17.3 Å². The average molecular weight is 332 g/mol. The summed E-state index contributed by atoms with van der Waals surface area (Å²) in [6, 6.07) is 9.95. The number of benzene rings is 1. The van der Waals surface area contributed by atoms with Crippen LogP contribution in [0.5, 0.6) is 5.75 Å². The molecule has 1 aromatic carbocycles. The topological polar surface area (TPSA) is 48.2 Å². The summed E-state index contributed by atoms with van der Waals surface area (Å²) in [7, 11) is 1.67. The Morgan fingerprint density at radius 1 is 1.27 bits per heavy atom. The highest BCUT2D eigenvalue weighted by atomic mass is 32.2. The van der Waals surface area contributed by atoms with Crippen LogP contribution in [0.25, 0.3) is 10.6 Å². The molecular formula is C16H16N2O2S2. The Balaban J connectivity index is 1.61. The Morgan fingerprint density at radius 3 is 2.95 bits per heavy atom. The molecule has 0 saturated carbocycles. The second-order valence-electron chi connectivity index (χ2n) is 4.80. The number of methoxy groups -OCH3 is 1. The van der Waals surface area contributed by atoms with Gasteiger partial charge in [-0.2, -0.15) is 0 Å². The molecule has 0 spiro atoms. The average Bonchev–Trinajstić information content (AvgIpc) is 3.17. The summed E-state index contributed by atoms with van der Waals surface area (Å²) >= 11 is 3.43. The highest BCUT2D eigenvalue weighted by molar-refractivity contribution is 7.97. The van der Waals surface area contributed by atoms with Crippen LogP contribution in [0.2, 0.25) is 0 Å². The van der Waals surface area contributed by atoms with E-state index >= 15 is 0 Å². The number of thiazole rings is 1. The molecule has 4 nitrogen and oxygen atoms in total. The van der Waals surface area contributed by atoms with Gasteiger partial charge >= 0.3 is 0 Å². The third-order valence-corrected chi connectivity index (χ3v) is 4.97. The predicted octanol–water partition coefficient (Wildman–Crippen LogP) is 4.55. The van der Waals surface area contributed by atoms with E-state index < -0.39 is 0 Å². The molecule has 114 valence electrons. The molecule has 0 aliphatic heterocycles. The molecule has 0 radical (unpaired) electrons. The van der Waals surface area contributed by atoms with Crippen molar-refractivity contribution < 1.29 is 9.26 Å². The van der Waals surface area contributed by atoms with E-state index in [0.717, 1.165) is 45.0 Å². The van der Waals surface area contributed by atoms with Gasteiger partial charge in [0.25, 0.3) is 0 Å². The smallest absolute Gasteiger partial charge is 0.146 e. The molecule has 0 amide bonds. The number of ether oxygens (including phenoxy) is 1. The summed E-state index contributed by atoms with van der Waals surface area (Å²) in [5, 5.41) is 7.01. The van der Waals surface area contributed by atoms with Crippen molar-refractivity contribution in [2.24, 2.45) is 0 Å². The first-order valence-corrected chi connectivity index (χ1v) is 8.87. The van der Waals surface area contributed by atoms with Gasteiger partial charge in [0.2, 0.25) is 0 Å². The highest BCUT2D eigenvalue weighted by Gasteiger charge is 2.07. The van der Waals surface area contributed by atoms with Gasteiger partial charge in [-0.25, -0.2) is 4.98 Å². The van der Waals surface area contributed by atoms with Crippen LogP contribution in [0.4, 0.5) is 0 Å². The number of rotatable bonds is 6. The highest BCUT2D eigenvalue weighted by Crippen LogP contribution is 2.28. The Hall–Kier alpha value is -1.79. The molecule has 0 aliphatic carbocycles. The lowest BCUT2D eigenvalue weighted by Crippen LogP contribution is -1.85. The van der Waals surface area contributed by atoms with Crippen LogP contribution >= 0.6 is 23.1 Å². The van der Waals surface area contributed by atoms with Crippen molar-refractivity contribution in [3.05, 3.63) is 52.9 Å². The van der Waals surface area contributed by atoms with E-state index in [2.05, 4.69) is 21.6 Å². The fourth-order valence-corrected chi connectivity index (χ4v) is 3.72. The van der Waals surface area contributed by atoms with Gasteiger partial charge in [-0.15, -0.1) is 23.1 Å². The molecule has 2 heterocycles. The molecule has 0 unspecified atom stereocenters.